The van der Waals surface area contributed by atoms with E-state index in [4.69, 9.17) is 5.84 Å². The molecule has 0 atom stereocenters. The molecule has 1 fully saturated rings. The molecule has 0 spiro atoms. The molecule has 0 aromatic carbocycles. The van der Waals surface area contributed by atoms with E-state index in [0.29, 0.717) is 22.7 Å². The van der Waals surface area contributed by atoms with Crippen LogP contribution in [0.25, 0.3) is 0 Å². The van der Waals surface area contributed by atoms with Crippen LogP contribution < -0.4 is 11.3 Å². The third-order valence-electron chi connectivity index (χ3n) is 4.36. The molecule has 5 nitrogen and oxygen atoms in total. The fraction of sp³-hybridized carbons (Fsp3) is 0.625. The first-order valence-corrected chi connectivity index (χ1v) is 7.56. The number of anilines is 1. The van der Waals surface area contributed by atoms with Gasteiger partial charge in [0.05, 0.1) is 0 Å². The molecule has 1 saturated heterocycles. The summed E-state index contributed by atoms with van der Waals surface area (Å²) >= 11 is 0. The number of nitrogen functional groups attached to an aromatic ring is 1. The fourth-order valence-corrected chi connectivity index (χ4v) is 3.00. The first kappa shape index (κ1) is 15.8. The summed E-state index contributed by atoms with van der Waals surface area (Å²) in [5.41, 5.74) is 4.28. The maximum absolute atomic E-state index is 12.6. The van der Waals surface area contributed by atoms with Crippen molar-refractivity contribution in [3.63, 3.8) is 0 Å². The normalized spacial score (nSPS) is 16.9. The van der Waals surface area contributed by atoms with Gasteiger partial charge in [0.2, 0.25) is 0 Å². The number of aromatic nitrogens is 1. The summed E-state index contributed by atoms with van der Waals surface area (Å²) in [6.45, 7) is 10.4. The number of pyridine rings is 1. The molecular weight excluding hydrogens is 264 g/mol. The highest BCUT2D eigenvalue weighted by atomic mass is 16.2. The Bertz CT molecular complexity index is 513. The van der Waals surface area contributed by atoms with Gasteiger partial charge >= 0.3 is 0 Å². The lowest BCUT2D eigenvalue weighted by atomic mass is 9.75. The topological polar surface area (TPSA) is 71.2 Å². The standard InChI is InChI=1S/C16H26N4O/c1-11-9-12(10-14(18-11)19-17)15(21)20-7-5-13(6-8-20)16(2,3)4/h9-10,13H,5-8,17H2,1-4H3,(H,18,19). The Labute approximate surface area is 126 Å². The lowest BCUT2D eigenvalue weighted by Crippen LogP contribution is -2.41. The van der Waals surface area contributed by atoms with Crippen molar-refractivity contribution in [3.8, 4) is 0 Å². The molecule has 1 aromatic rings. The van der Waals surface area contributed by atoms with E-state index in [-0.39, 0.29) is 5.91 Å². The maximum atomic E-state index is 12.6. The van der Waals surface area contributed by atoms with Gasteiger partial charge in [0, 0.05) is 24.3 Å². The van der Waals surface area contributed by atoms with E-state index in [9.17, 15) is 4.79 Å². The number of piperidine rings is 1. The molecule has 2 rings (SSSR count). The number of rotatable bonds is 2. The molecule has 2 heterocycles. The summed E-state index contributed by atoms with van der Waals surface area (Å²) in [6, 6.07) is 3.53. The monoisotopic (exact) mass is 290 g/mol. The second-order valence-corrected chi connectivity index (χ2v) is 6.96. The molecule has 1 aliphatic rings. The minimum absolute atomic E-state index is 0.0735. The number of aryl methyl sites for hydroxylation is 1. The molecule has 0 unspecified atom stereocenters. The van der Waals surface area contributed by atoms with E-state index in [1.807, 2.05) is 17.9 Å². The number of hydrogen-bond acceptors (Lipinski definition) is 4. The third-order valence-corrected chi connectivity index (χ3v) is 4.36. The Morgan fingerprint density at radius 3 is 2.48 bits per heavy atom. The van der Waals surface area contributed by atoms with Gasteiger partial charge in [-0.1, -0.05) is 20.8 Å². The number of nitrogens with one attached hydrogen (secondary N) is 1. The zero-order chi connectivity index (χ0) is 15.6. The summed E-state index contributed by atoms with van der Waals surface area (Å²) in [6.07, 6.45) is 2.14. The average molecular weight is 290 g/mol. The fourth-order valence-electron chi connectivity index (χ4n) is 3.00. The molecule has 1 aromatic heterocycles. The number of nitrogens with two attached hydrogens (primary N) is 1. The summed E-state index contributed by atoms with van der Waals surface area (Å²) in [5, 5.41) is 0. The second-order valence-electron chi connectivity index (χ2n) is 6.96. The first-order chi connectivity index (χ1) is 9.81. The van der Waals surface area contributed by atoms with Crippen LogP contribution in [-0.4, -0.2) is 28.9 Å². The average Bonchev–Trinajstić information content (AvgIpc) is 2.45. The number of carbonyl (C=O) groups is 1. The SMILES string of the molecule is Cc1cc(C(=O)N2CCC(C(C)(C)C)CC2)cc(NN)n1. The van der Waals surface area contributed by atoms with E-state index in [1.165, 1.54) is 0 Å². The molecule has 116 valence electrons. The minimum atomic E-state index is 0.0735. The summed E-state index contributed by atoms with van der Waals surface area (Å²) in [5.74, 6) is 6.68. The van der Waals surface area contributed by atoms with Gasteiger partial charge in [-0.2, -0.15) is 0 Å². The van der Waals surface area contributed by atoms with Crippen molar-refractivity contribution in [1.29, 1.82) is 0 Å². The van der Waals surface area contributed by atoms with Crippen LogP contribution in [0.2, 0.25) is 0 Å². The Morgan fingerprint density at radius 1 is 1.33 bits per heavy atom. The van der Waals surface area contributed by atoms with Crippen molar-refractivity contribution >= 4 is 11.7 Å². The quantitative estimate of drug-likeness (QED) is 0.648. The van der Waals surface area contributed by atoms with Gasteiger partial charge in [-0.15, -0.1) is 0 Å². The van der Waals surface area contributed by atoms with E-state index < -0.39 is 0 Å². The summed E-state index contributed by atoms with van der Waals surface area (Å²) < 4.78 is 0. The van der Waals surface area contributed by atoms with E-state index in [2.05, 4.69) is 31.2 Å². The molecule has 1 amide bonds. The van der Waals surface area contributed by atoms with Crippen LogP contribution in [-0.2, 0) is 0 Å². The Balaban J connectivity index is 2.07. The van der Waals surface area contributed by atoms with Crippen LogP contribution >= 0.6 is 0 Å². The molecule has 3 N–H and O–H groups in total. The number of hydrazine groups is 1. The van der Waals surface area contributed by atoms with Crippen molar-refractivity contribution < 1.29 is 4.79 Å². The Hall–Kier alpha value is -1.62. The zero-order valence-corrected chi connectivity index (χ0v) is 13.4. The third kappa shape index (κ3) is 3.73. The smallest absolute Gasteiger partial charge is 0.254 e. The molecular formula is C16H26N4O. The number of hydrogen-bond donors (Lipinski definition) is 2. The van der Waals surface area contributed by atoms with Gasteiger partial charge in [-0.05, 0) is 43.2 Å². The summed E-state index contributed by atoms with van der Waals surface area (Å²) in [4.78, 5) is 18.8. The largest absolute Gasteiger partial charge is 0.339 e. The molecule has 0 saturated carbocycles. The number of likely N-dealkylation sites (tertiary alicyclic amines) is 1. The van der Waals surface area contributed by atoms with Crippen molar-refractivity contribution in [2.45, 2.75) is 40.5 Å². The van der Waals surface area contributed by atoms with E-state index in [0.717, 1.165) is 31.6 Å². The van der Waals surface area contributed by atoms with Gasteiger partial charge in [0.1, 0.15) is 5.82 Å². The molecule has 0 bridgehead atoms. The van der Waals surface area contributed by atoms with Gasteiger partial charge in [0.15, 0.2) is 0 Å². The van der Waals surface area contributed by atoms with Gasteiger partial charge in [-0.25, -0.2) is 10.8 Å². The Morgan fingerprint density at radius 2 is 1.95 bits per heavy atom. The highest BCUT2D eigenvalue weighted by Crippen LogP contribution is 2.34. The molecule has 0 aliphatic carbocycles. The first-order valence-electron chi connectivity index (χ1n) is 7.56. The van der Waals surface area contributed by atoms with Crippen molar-refractivity contribution in [1.82, 2.24) is 9.88 Å². The lowest BCUT2D eigenvalue weighted by Gasteiger charge is -2.38. The second kappa shape index (κ2) is 6.02. The number of carbonyl (C=O) groups excluding carboxylic acids is 1. The summed E-state index contributed by atoms with van der Waals surface area (Å²) in [7, 11) is 0. The molecule has 1 aliphatic heterocycles. The number of amides is 1. The van der Waals surface area contributed by atoms with Crippen LogP contribution in [0.4, 0.5) is 5.82 Å². The van der Waals surface area contributed by atoms with Crippen LogP contribution in [0.15, 0.2) is 12.1 Å². The molecule has 21 heavy (non-hydrogen) atoms. The van der Waals surface area contributed by atoms with Crippen LogP contribution in [0.5, 0.6) is 0 Å². The lowest BCUT2D eigenvalue weighted by molar-refractivity contribution is 0.0608. The zero-order valence-electron chi connectivity index (χ0n) is 13.4. The van der Waals surface area contributed by atoms with Crippen LogP contribution in [0.1, 0.15) is 49.7 Å². The predicted octanol–water partition coefficient (Wildman–Crippen LogP) is 2.57. The van der Waals surface area contributed by atoms with Gasteiger partial charge in [0.25, 0.3) is 5.91 Å². The number of nitrogens with zero attached hydrogens (tertiary/aromatic N) is 2. The van der Waals surface area contributed by atoms with E-state index in [1.54, 1.807) is 6.07 Å². The minimum Gasteiger partial charge on any atom is -0.339 e. The molecule has 5 heteroatoms. The van der Waals surface area contributed by atoms with Gasteiger partial charge < -0.3 is 10.3 Å². The maximum Gasteiger partial charge on any atom is 0.254 e. The van der Waals surface area contributed by atoms with Gasteiger partial charge in [-0.3, -0.25) is 4.79 Å². The van der Waals surface area contributed by atoms with E-state index >= 15 is 0 Å². The highest BCUT2D eigenvalue weighted by Gasteiger charge is 2.30. The predicted molar refractivity (Wildman–Crippen MR) is 84.9 cm³/mol. The molecule has 0 radical (unpaired) electrons. The van der Waals surface area contributed by atoms with Crippen LogP contribution in [0.3, 0.4) is 0 Å². The van der Waals surface area contributed by atoms with Crippen molar-refractivity contribution in [3.05, 3.63) is 23.4 Å². The van der Waals surface area contributed by atoms with Crippen molar-refractivity contribution in [2.24, 2.45) is 17.2 Å². The van der Waals surface area contributed by atoms with Crippen molar-refractivity contribution in [2.75, 3.05) is 18.5 Å². The van der Waals surface area contributed by atoms with Crippen LogP contribution in [0, 0.1) is 18.3 Å². The highest BCUT2D eigenvalue weighted by molar-refractivity contribution is 5.95. The Kier molecular flexibility index (Phi) is 4.52.